The third-order valence-electron chi connectivity index (χ3n) is 6.69. The van der Waals surface area contributed by atoms with Gasteiger partial charge in [-0.2, -0.15) is 9.97 Å². The summed E-state index contributed by atoms with van der Waals surface area (Å²) in [4.78, 5) is 37.7. The largest absolute Gasteiger partial charge is 0.479 e. The van der Waals surface area contributed by atoms with Gasteiger partial charge in [-0.25, -0.2) is 19.5 Å². The molecule has 0 saturated carbocycles. The Bertz CT molecular complexity index is 1400. The fraction of sp³-hybridized carbons (Fsp3) is 0.750. The van der Waals surface area contributed by atoms with Gasteiger partial charge in [-0.05, 0) is 31.6 Å². The van der Waals surface area contributed by atoms with Gasteiger partial charge in [0.2, 0.25) is 11.8 Å². The SMILES string of the molecule is COc1nc(N)nc2c1ncn2[C@@H]1O[C@H](COP(=O)(N[C@@H](C)C(=O)OCC(C)(C)C)N[C@@H](C)C(=O)OCC(C)(C)C)[C@@H](F)[C@@]1(C)O. The number of aliphatic hydroxyl groups is 1. The number of methoxy groups -OCH3 is 1. The molecule has 1 saturated heterocycles. The van der Waals surface area contributed by atoms with Crippen molar-refractivity contribution in [2.45, 2.75) is 98.5 Å². The summed E-state index contributed by atoms with van der Waals surface area (Å²) in [6, 6.07) is -2.34. The third kappa shape index (κ3) is 9.32. The van der Waals surface area contributed by atoms with Crippen LogP contribution in [0, 0.1) is 10.8 Å². The Morgan fingerprint density at radius 2 is 1.63 bits per heavy atom. The number of carbonyl (C=O) groups excluding carboxylic acids is 2. The lowest BCUT2D eigenvalue weighted by atomic mass is 9.98. The summed E-state index contributed by atoms with van der Waals surface area (Å²) < 4.78 is 58.5. The van der Waals surface area contributed by atoms with Crippen LogP contribution in [0.25, 0.3) is 11.2 Å². The molecule has 16 nitrogen and oxygen atoms in total. The number of carbonyl (C=O) groups is 2. The molecule has 1 aliphatic heterocycles. The quantitative estimate of drug-likeness (QED) is 0.178. The second-order valence-corrected chi connectivity index (χ2v) is 15.8. The van der Waals surface area contributed by atoms with Crippen LogP contribution in [0.2, 0.25) is 0 Å². The molecule has 0 bridgehead atoms. The van der Waals surface area contributed by atoms with Crippen molar-refractivity contribution in [3.8, 4) is 5.88 Å². The molecule has 0 spiro atoms. The Labute approximate surface area is 267 Å². The van der Waals surface area contributed by atoms with E-state index in [-0.39, 0.29) is 47.0 Å². The minimum atomic E-state index is -4.33. The maximum Gasteiger partial charge on any atom is 0.342 e. The number of aromatic nitrogens is 4. The lowest BCUT2D eigenvalue weighted by Crippen LogP contribution is -2.44. The van der Waals surface area contributed by atoms with Crippen LogP contribution in [0.15, 0.2) is 6.33 Å². The number of nitrogens with zero attached hydrogens (tertiary/aromatic N) is 4. The maximum absolute atomic E-state index is 15.8. The molecule has 3 heterocycles. The lowest BCUT2D eigenvalue weighted by Gasteiger charge is -2.28. The second kappa shape index (κ2) is 14.0. The topological polar surface area (TPSA) is 211 Å². The number of esters is 2. The van der Waals surface area contributed by atoms with E-state index in [2.05, 4.69) is 25.1 Å². The van der Waals surface area contributed by atoms with Crippen molar-refractivity contribution in [2.75, 3.05) is 32.7 Å². The van der Waals surface area contributed by atoms with E-state index in [9.17, 15) is 19.3 Å². The summed E-state index contributed by atoms with van der Waals surface area (Å²) in [5.74, 6) is -1.53. The Kier molecular flexibility index (Phi) is 11.4. The highest BCUT2D eigenvalue weighted by Gasteiger charge is 2.55. The molecule has 0 aliphatic carbocycles. The molecule has 18 heteroatoms. The van der Waals surface area contributed by atoms with Crippen LogP contribution in [0.5, 0.6) is 5.88 Å². The van der Waals surface area contributed by atoms with E-state index >= 15 is 4.39 Å². The Morgan fingerprint density at radius 3 is 2.11 bits per heavy atom. The van der Waals surface area contributed by atoms with Gasteiger partial charge in [-0.3, -0.25) is 18.7 Å². The van der Waals surface area contributed by atoms with Gasteiger partial charge in [-0.15, -0.1) is 0 Å². The molecule has 0 radical (unpaired) electrons. The Hall–Kier alpha value is -2.95. The zero-order valence-corrected chi connectivity index (χ0v) is 28.9. The van der Waals surface area contributed by atoms with Crippen molar-refractivity contribution in [3.63, 3.8) is 0 Å². The van der Waals surface area contributed by atoms with Crippen LogP contribution >= 0.6 is 7.67 Å². The summed E-state index contributed by atoms with van der Waals surface area (Å²) in [5, 5.41) is 16.3. The minimum Gasteiger partial charge on any atom is -0.479 e. The van der Waals surface area contributed by atoms with Crippen molar-refractivity contribution in [2.24, 2.45) is 10.8 Å². The molecule has 2 aromatic rings. The summed E-state index contributed by atoms with van der Waals surface area (Å²) in [6.07, 6.45) is -3.65. The van der Waals surface area contributed by atoms with E-state index in [4.69, 9.17) is 29.2 Å². The predicted molar refractivity (Wildman–Crippen MR) is 165 cm³/mol. The van der Waals surface area contributed by atoms with Crippen molar-refractivity contribution < 1.29 is 47.1 Å². The highest BCUT2D eigenvalue weighted by Crippen LogP contribution is 2.45. The van der Waals surface area contributed by atoms with Crippen molar-refractivity contribution in [1.29, 1.82) is 0 Å². The molecule has 0 aromatic carbocycles. The number of halogens is 1. The fourth-order valence-corrected chi connectivity index (χ4v) is 6.12. The summed E-state index contributed by atoms with van der Waals surface area (Å²) >= 11 is 0. The average Bonchev–Trinajstić information content (AvgIpc) is 3.44. The fourth-order valence-electron chi connectivity index (χ4n) is 4.31. The van der Waals surface area contributed by atoms with E-state index in [1.165, 1.54) is 38.8 Å². The first kappa shape index (κ1) is 37.5. The molecule has 1 aliphatic rings. The number of ether oxygens (including phenoxy) is 4. The highest BCUT2D eigenvalue weighted by molar-refractivity contribution is 7.54. The summed E-state index contributed by atoms with van der Waals surface area (Å²) in [7, 11) is -2.96. The first-order valence-corrected chi connectivity index (χ1v) is 16.4. The van der Waals surface area contributed by atoms with E-state index in [0.29, 0.717) is 0 Å². The molecular weight excluding hydrogens is 628 g/mol. The predicted octanol–water partition coefficient (Wildman–Crippen LogP) is 2.66. The smallest absolute Gasteiger partial charge is 0.342 e. The maximum atomic E-state index is 15.8. The van der Waals surface area contributed by atoms with E-state index in [1.54, 1.807) is 0 Å². The van der Waals surface area contributed by atoms with Crippen LogP contribution in [0.1, 0.15) is 68.5 Å². The molecule has 0 unspecified atom stereocenters. The first-order chi connectivity index (χ1) is 21.1. The number of fused-ring (bicyclic) bond motifs is 1. The third-order valence-corrected chi connectivity index (χ3v) is 8.66. The van der Waals surface area contributed by atoms with Gasteiger partial charge >= 0.3 is 19.6 Å². The van der Waals surface area contributed by atoms with Gasteiger partial charge in [0.25, 0.3) is 0 Å². The number of rotatable bonds is 13. The Balaban J connectivity index is 1.83. The molecule has 3 rings (SSSR count). The molecular formula is C28H47FN7O9P. The summed E-state index contributed by atoms with van der Waals surface area (Å²) in [5.41, 5.74) is 3.31. The lowest BCUT2D eigenvalue weighted by molar-refractivity contribution is -0.148. The van der Waals surface area contributed by atoms with E-state index in [1.807, 2.05) is 41.5 Å². The van der Waals surface area contributed by atoms with Gasteiger partial charge in [0.15, 0.2) is 23.6 Å². The molecule has 6 atom stereocenters. The van der Waals surface area contributed by atoms with Crippen LogP contribution < -0.4 is 20.6 Å². The first-order valence-electron chi connectivity index (χ1n) is 14.8. The number of anilines is 1. The molecule has 1 fully saturated rings. The number of imidazole rings is 1. The van der Waals surface area contributed by atoms with Gasteiger partial charge < -0.3 is 34.3 Å². The van der Waals surface area contributed by atoms with Crippen LogP contribution in [0.3, 0.4) is 0 Å². The van der Waals surface area contributed by atoms with Crippen molar-refractivity contribution in [3.05, 3.63) is 6.33 Å². The number of alkyl halides is 1. The number of nitrogens with one attached hydrogen (secondary N) is 2. The van der Waals surface area contributed by atoms with Crippen LogP contribution in [-0.2, 0) is 32.9 Å². The van der Waals surface area contributed by atoms with Gasteiger partial charge in [0.05, 0.1) is 33.3 Å². The van der Waals surface area contributed by atoms with Crippen molar-refractivity contribution in [1.82, 2.24) is 29.7 Å². The zero-order chi connectivity index (χ0) is 34.8. The number of nitrogen functional groups attached to an aromatic ring is 1. The second-order valence-electron chi connectivity index (χ2n) is 14.0. The van der Waals surface area contributed by atoms with Gasteiger partial charge in [0.1, 0.15) is 23.8 Å². The number of hydrogen-bond acceptors (Lipinski definition) is 13. The normalized spacial score (nSPS) is 23.7. The summed E-state index contributed by atoms with van der Waals surface area (Å²) in [6.45, 7) is 14.8. The van der Waals surface area contributed by atoms with Crippen LogP contribution in [-0.4, -0.2) is 93.5 Å². The van der Waals surface area contributed by atoms with Crippen molar-refractivity contribution >= 4 is 36.7 Å². The molecule has 2 aromatic heterocycles. The average molecular weight is 676 g/mol. The molecule has 0 amide bonds. The standard InChI is InChI=1S/C28H47FN7O9P/c1-15(22(37)42-12-26(3,4)5)34-46(40,35-16(2)23(38)43-13-27(6,7)8)44-11-17-19(29)28(9,39)24(45-17)36-14-31-18-20(36)32-25(30)33-21(18)41-10/h14-17,19,24,39H,11-13H2,1-10H3,(H2,30,32,33)(H2,34,35,40)/t15-,16-,17+,19+,24+,28+/m0/s1. The zero-order valence-electron chi connectivity index (χ0n) is 28.0. The molecule has 46 heavy (non-hydrogen) atoms. The molecule has 5 N–H and O–H groups in total. The van der Waals surface area contributed by atoms with E-state index < -0.39 is 62.4 Å². The Morgan fingerprint density at radius 1 is 1.11 bits per heavy atom. The minimum absolute atomic E-state index is 0.0685. The van der Waals surface area contributed by atoms with Gasteiger partial charge in [-0.1, -0.05) is 41.5 Å². The van der Waals surface area contributed by atoms with E-state index in [0.717, 1.165) is 0 Å². The van der Waals surface area contributed by atoms with Gasteiger partial charge in [0, 0.05) is 0 Å². The monoisotopic (exact) mass is 675 g/mol. The molecule has 260 valence electrons. The highest BCUT2D eigenvalue weighted by atomic mass is 31.2. The number of hydrogen-bond donors (Lipinski definition) is 4. The number of nitrogens with two attached hydrogens (primary N) is 1. The van der Waals surface area contributed by atoms with Crippen LogP contribution in [0.4, 0.5) is 10.3 Å².